The topological polar surface area (TPSA) is 14.1 Å². The standard InChI is InChI=1S/C20H15NS.BrH/c1-3-9-15(10-4-1)19(16-11-5-2-6-12-16)20-21-17-13-7-8-14-18(17)22-20;/h1-14,19H;1H. The van der Waals surface area contributed by atoms with Gasteiger partial charge in [-0.3, -0.25) is 0 Å². The summed E-state index contributed by atoms with van der Waals surface area (Å²) in [6.07, 6.45) is 0. The predicted octanol–water partition coefficient (Wildman–Crippen LogP) is 1.90. The quantitative estimate of drug-likeness (QED) is 0.514. The van der Waals surface area contributed by atoms with Crippen LogP contribution in [0.15, 0.2) is 84.9 Å². The molecule has 0 saturated heterocycles. The molecule has 3 heteroatoms. The molecule has 1 N–H and O–H groups in total. The molecule has 1 nitrogen and oxygen atoms in total. The van der Waals surface area contributed by atoms with Crippen molar-refractivity contribution >= 4 is 21.6 Å². The Kier molecular flexibility index (Phi) is 4.89. The number of aromatic nitrogens is 1. The second-order valence-corrected chi connectivity index (χ2v) is 6.43. The van der Waals surface area contributed by atoms with Gasteiger partial charge in [-0.2, -0.15) is 4.98 Å². The lowest BCUT2D eigenvalue weighted by atomic mass is 9.92. The van der Waals surface area contributed by atoms with Gasteiger partial charge in [0.25, 0.3) is 0 Å². The lowest BCUT2D eigenvalue weighted by Crippen LogP contribution is -3.00. The largest absolute Gasteiger partial charge is 1.00 e. The van der Waals surface area contributed by atoms with Gasteiger partial charge in [-0.25, -0.2) is 0 Å². The van der Waals surface area contributed by atoms with E-state index in [4.69, 9.17) is 0 Å². The highest BCUT2D eigenvalue weighted by Gasteiger charge is 2.25. The van der Waals surface area contributed by atoms with Gasteiger partial charge >= 0.3 is 0 Å². The van der Waals surface area contributed by atoms with Crippen molar-refractivity contribution in [2.24, 2.45) is 0 Å². The SMILES string of the molecule is [Br-].c1ccc(C(c2ccccc2)c2[nH+]c3ccccc3s2)cc1. The van der Waals surface area contributed by atoms with Gasteiger partial charge in [-0.05, 0) is 17.2 Å². The second-order valence-electron chi connectivity index (χ2n) is 5.34. The number of nitrogens with one attached hydrogen (secondary N) is 1. The summed E-state index contributed by atoms with van der Waals surface area (Å²) in [5.41, 5.74) is 3.84. The normalized spacial score (nSPS) is 10.7. The summed E-state index contributed by atoms with van der Waals surface area (Å²) in [5, 5.41) is 1.28. The first kappa shape index (κ1) is 15.9. The van der Waals surface area contributed by atoms with Gasteiger partial charge in [0, 0.05) is 6.07 Å². The van der Waals surface area contributed by atoms with Crippen LogP contribution in [0.4, 0.5) is 0 Å². The Hall–Kier alpha value is -1.97. The predicted molar refractivity (Wildman–Crippen MR) is 92.2 cm³/mol. The van der Waals surface area contributed by atoms with E-state index in [1.165, 1.54) is 26.4 Å². The van der Waals surface area contributed by atoms with Crippen molar-refractivity contribution in [1.29, 1.82) is 0 Å². The van der Waals surface area contributed by atoms with Gasteiger partial charge in [-0.1, -0.05) is 84.1 Å². The summed E-state index contributed by atoms with van der Waals surface area (Å²) in [6.45, 7) is 0. The van der Waals surface area contributed by atoms with E-state index in [1.54, 1.807) is 0 Å². The van der Waals surface area contributed by atoms with Crippen molar-refractivity contribution in [3.63, 3.8) is 0 Å². The van der Waals surface area contributed by atoms with Crippen LogP contribution < -0.4 is 22.0 Å². The first-order valence-electron chi connectivity index (χ1n) is 7.42. The van der Waals surface area contributed by atoms with E-state index in [2.05, 4.69) is 89.9 Å². The molecule has 0 aliphatic heterocycles. The van der Waals surface area contributed by atoms with Gasteiger partial charge < -0.3 is 17.0 Å². The number of benzene rings is 3. The summed E-state index contributed by atoms with van der Waals surface area (Å²) < 4.78 is 1.30. The Morgan fingerprint density at radius 2 is 1.17 bits per heavy atom. The maximum absolute atomic E-state index is 3.61. The van der Waals surface area contributed by atoms with Crippen LogP contribution in [0.2, 0.25) is 0 Å². The molecule has 0 radical (unpaired) electrons. The zero-order valence-electron chi connectivity index (χ0n) is 12.4. The molecular weight excluding hydrogens is 366 g/mol. The maximum atomic E-state index is 3.61. The third kappa shape index (κ3) is 3.21. The summed E-state index contributed by atoms with van der Waals surface area (Å²) in [5.74, 6) is 0.250. The van der Waals surface area contributed by atoms with E-state index < -0.39 is 0 Å². The third-order valence-electron chi connectivity index (χ3n) is 3.89. The summed E-state index contributed by atoms with van der Waals surface area (Å²) in [6, 6.07) is 29.9. The van der Waals surface area contributed by atoms with Crippen LogP contribution in [-0.4, -0.2) is 0 Å². The molecule has 0 amide bonds. The van der Waals surface area contributed by atoms with Crippen LogP contribution in [0.1, 0.15) is 22.1 Å². The number of aromatic amines is 1. The molecule has 0 bridgehead atoms. The van der Waals surface area contributed by atoms with Crippen molar-refractivity contribution in [2.75, 3.05) is 0 Å². The molecule has 0 aliphatic carbocycles. The molecule has 0 unspecified atom stereocenters. The Morgan fingerprint density at radius 1 is 0.652 bits per heavy atom. The average Bonchev–Trinajstić information content (AvgIpc) is 3.00. The number of rotatable bonds is 3. The molecule has 23 heavy (non-hydrogen) atoms. The number of fused-ring (bicyclic) bond motifs is 1. The second kappa shape index (κ2) is 7.07. The Bertz CT molecular complexity index is 815. The fraction of sp³-hybridized carbons (Fsp3) is 0.0500. The van der Waals surface area contributed by atoms with Crippen molar-refractivity contribution < 1.29 is 22.0 Å². The van der Waals surface area contributed by atoms with E-state index >= 15 is 0 Å². The molecule has 0 aliphatic rings. The highest BCUT2D eigenvalue weighted by atomic mass is 79.9. The Labute approximate surface area is 150 Å². The highest BCUT2D eigenvalue weighted by molar-refractivity contribution is 7.18. The summed E-state index contributed by atoms with van der Waals surface area (Å²) in [4.78, 5) is 3.61. The first-order valence-corrected chi connectivity index (χ1v) is 8.24. The molecule has 4 aromatic rings. The number of H-pyrrole nitrogens is 1. The molecule has 0 fully saturated rings. The lowest BCUT2D eigenvalue weighted by Gasteiger charge is -2.12. The van der Waals surface area contributed by atoms with Crippen LogP contribution >= 0.6 is 11.3 Å². The van der Waals surface area contributed by atoms with Gasteiger partial charge in [-0.15, -0.1) is 0 Å². The zero-order chi connectivity index (χ0) is 14.8. The lowest BCUT2D eigenvalue weighted by molar-refractivity contribution is -0.351. The fourth-order valence-corrected chi connectivity index (χ4v) is 4.02. The number of para-hydroxylation sites is 1. The first-order chi connectivity index (χ1) is 10.9. The third-order valence-corrected chi connectivity index (χ3v) is 5.03. The molecule has 1 aromatic heterocycles. The molecular formula is C20H16BrNS. The van der Waals surface area contributed by atoms with Crippen LogP contribution in [-0.2, 0) is 0 Å². The van der Waals surface area contributed by atoms with E-state index in [0.29, 0.717) is 0 Å². The molecule has 0 saturated carbocycles. The Morgan fingerprint density at radius 3 is 1.74 bits per heavy atom. The van der Waals surface area contributed by atoms with E-state index in [-0.39, 0.29) is 22.9 Å². The van der Waals surface area contributed by atoms with E-state index in [0.717, 1.165) is 0 Å². The highest BCUT2D eigenvalue weighted by Crippen LogP contribution is 2.34. The van der Waals surface area contributed by atoms with Crippen molar-refractivity contribution in [1.82, 2.24) is 0 Å². The minimum absolute atomic E-state index is 0. The van der Waals surface area contributed by atoms with E-state index in [1.807, 2.05) is 11.3 Å². The van der Waals surface area contributed by atoms with Crippen LogP contribution in [0.25, 0.3) is 10.2 Å². The monoisotopic (exact) mass is 381 g/mol. The zero-order valence-corrected chi connectivity index (χ0v) is 14.8. The smallest absolute Gasteiger partial charge is 0.248 e. The summed E-state index contributed by atoms with van der Waals surface area (Å²) in [7, 11) is 0. The van der Waals surface area contributed by atoms with Crippen LogP contribution in [0.3, 0.4) is 0 Å². The average molecular weight is 382 g/mol. The number of halogens is 1. The van der Waals surface area contributed by atoms with Crippen molar-refractivity contribution in [3.8, 4) is 0 Å². The fourth-order valence-electron chi connectivity index (χ4n) is 2.85. The number of thiazole rings is 1. The number of hydrogen-bond acceptors (Lipinski definition) is 1. The van der Waals surface area contributed by atoms with Gasteiger partial charge in [0.1, 0.15) is 10.6 Å². The minimum atomic E-state index is 0. The molecule has 0 spiro atoms. The van der Waals surface area contributed by atoms with E-state index in [9.17, 15) is 0 Å². The van der Waals surface area contributed by atoms with Gasteiger partial charge in [0.05, 0.1) is 0 Å². The summed E-state index contributed by atoms with van der Waals surface area (Å²) >= 11 is 1.84. The van der Waals surface area contributed by atoms with Crippen molar-refractivity contribution in [2.45, 2.75) is 5.92 Å². The van der Waals surface area contributed by atoms with Crippen LogP contribution in [0, 0.1) is 0 Å². The molecule has 3 aromatic carbocycles. The Balaban J connectivity index is 0.00000156. The maximum Gasteiger partial charge on any atom is 0.248 e. The molecule has 0 atom stereocenters. The molecule has 1 heterocycles. The van der Waals surface area contributed by atoms with Gasteiger partial charge in [0.2, 0.25) is 10.5 Å². The minimum Gasteiger partial charge on any atom is -1.00 e. The molecule has 4 rings (SSSR count). The number of hydrogen-bond donors (Lipinski definition) is 0. The van der Waals surface area contributed by atoms with Gasteiger partial charge in [0.15, 0.2) is 0 Å². The van der Waals surface area contributed by atoms with Crippen molar-refractivity contribution in [3.05, 3.63) is 101 Å². The molecule has 114 valence electrons. The van der Waals surface area contributed by atoms with Crippen LogP contribution in [0.5, 0.6) is 0 Å².